The van der Waals surface area contributed by atoms with Gasteiger partial charge in [-0.15, -0.1) is 0 Å². The second-order valence-corrected chi connectivity index (χ2v) is 4.51. The van der Waals surface area contributed by atoms with Gasteiger partial charge in [0.2, 0.25) is 0 Å². The Labute approximate surface area is 112 Å². The van der Waals surface area contributed by atoms with Gasteiger partial charge in [0.15, 0.2) is 0 Å². The first-order valence-corrected chi connectivity index (χ1v) is 5.72. The van der Waals surface area contributed by atoms with Crippen molar-refractivity contribution in [1.82, 2.24) is 0 Å². The molecule has 21 heavy (non-hydrogen) atoms. The smallest absolute Gasteiger partial charge is 0.417 e. The van der Waals surface area contributed by atoms with Crippen LogP contribution in [0.2, 0.25) is 0 Å². The minimum absolute atomic E-state index is 0.680. The molecule has 0 aliphatic heterocycles. The zero-order valence-corrected chi connectivity index (χ0v) is 10.1. The van der Waals surface area contributed by atoms with E-state index in [1.807, 2.05) is 0 Å². The Hall–Kier alpha value is -1.30. The molecule has 0 fully saturated rings. The number of hydrogen-bond donors (Lipinski definition) is 0. The van der Waals surface area contributed by atoms with Gasteiger partial charge in [0.25, 0.3) is 0 Å². The fraction of sp³-hybridized carbons (Fsp3) is 0.333. The molecule has 2 nitrogen and oxygen atoms in total. The topological polar surface area (TPSA) is 40.1 Å². The van der Waals surface area contributed by atoms with E-state index in [0.717, 1.165) is 0 Å². The molecule has 0 aliphatic rings. The van der Waals surface area contributed by atoms with Gasteiger partial charge in [-0.25, -0.2) is 0 Å². The van der Waals surface area contributed by atoms with Gasteiger partial charge >= 0.3 is 18.5 Å². The summed E-state index contributed by atoms with van der Waals surface area (Å²) >= 11 is -4.04. The molecule has 0 amide bonds. The molecule has 0 heterocycles. The van der Waals surface area contributed by atoms with Crippen molar-refractivity contribution in [3.05, 3.63) is 28.8 Å². The van der Waals surface area contributed by atoms with Crippen LogP contribution in [-0.2, 0) is 29.6 Å². The normalized spacial score (nSPS) is 15.1. The molecule has 120 valence electrons. The average molecular weight is 345 g/mol. The summed E-state index contributed by atoms with van der Waals surface area (Å²) in [5.74, 6) is 0. The lowest BCUT2D eigenvalue weighted by Gasteiger charge is -2.22. The highest BCUT2D eigenvalue weighted by Crippen LogP contribution is 2.44. The van der Waals surface area contributed by atoms with Crippen LogP contribution in [-0.4, -0.2) is 8.76 Å². The minimum atomic E-state index is -5.71. The van der Waals surface area contributed by atoms with Crippen LogP contribution in [0.1, 0.15) is 16.7 Å². The Morgan fingerprint density at radius 2 is 1.10 bits per heavy atom. The highest BCUT2D eigenvalue weighted by molar-refractivity contribution is 7.79. The number of benzene rings is 1. The second kappa shape index (κ2) is 5.16. The molecule has 1 atom stereocenters. The Morgan fingerprint density at radius 3 is 1.29 bits per heavy atom. The minimum Gasteiger partial charge on any atom is -0.768 e. The molecule has 12 heteroatoms. The van der Waals surface area contributed by atoms with E-state index in [-0.39, 0.29) is 0 Å². The van der Waals surface area contributed by atoms with Crippen molar-refractivity contribution in [1.29, 1.82) is 0 Å². The number of hydrogen-bond acceptors (Lipinski definition) is 2. The molecule has 1 aromatic rings. The van der Waals surface area contributed by atoms with Crippen LogP contribution in [0.25, 0.3) is 0 Å². The molecule has 1 aromatic carbocycles. The fourth-order valence-corrected chi connectivity index (χ4v) is 2.10. The molecule has 0 aromatic heterocycles. The Balaban J connectivity index is 3.89. The summed E-state index contributed by atoms with van der Waals surface area (Å²) in [6.07, 6.45) is -16.9. The zero-order chi connectivity index (χ0) is 16.8. The summed E-state index contributed by atoms with van der Waals surface area (Å²) < 4.78 is 134. The zero-order valence-electron chi connectivity index (χ0n) is 9.28. The molecule has 0 bridgehead atoms. The van der Waals surface area contributed by atoms with E-state index in [1.54, 1.807) is 0 Å². The van der Waals surface area contributed by atoms with Crippen molar-refractivity contribution in [2.24, 2.45) is 0 Å². The summed E-state index contributed by atoms with van der Waals surface area (Å²) in [5, 5.41) is 0. The largest absolute Gasteiger partial charge is 0.768 e. The van der Waals surface area contributed by atoms with Gasteiger partial charge in [-0.3, -0.25) is 4.21 Å². The predicted molar refractivity (Wildman–Crippen MR) is 48.6 cm³/mol. The van der Waals surface area contributed by atoms with Crippen molar-refractivity contribution in [3.8, 4) is 0 Å². The third-order valence-electron chi connectivity index (χ3n) is 2.19. The summed E-state index contributed by atoms with van der Waals surface area (Å²) in [5.41, 5.74) is -7.31. The lowest BCUT2D eigenvalue weighted by Crippen LogP contribution is -2.20. The SMILES string of the molecule is O=S([O-])c1c(C(F)(F)F)cc(C(F)(F)F)cc1C(F)(F)F. The molecule has 0 N–H and O–H groups in total. The van der Waals surface area contributed by atoms with Crippen LogP contribution in [0.3, 0.4) is 0 Å². The predicted octanol–water partition coefficient (Wildman–Crippen LogP) is 3.98. The van der Waals surface area contributed by atoms with Gasteiger partial charge in [-0.05, 0) is 23.2 Å². The van der Waals surface area contributed by atoms with Gasteiger partial charge in [0.1, 0.15) is 0 Å². The van der Waals surface area contributed by atoms with Gasteiger partial charge in [0.05, 0.1) is 16.7 Å². The van der Waals surface area contributed by atoms with Crippen molar-refractivity contribution < 1.29 is 48.3 Å². The summed E-state index contributed by atoms with van der Waals surface area (Å²) in [7, 11) is 0. The van der Waals surface area contributed by atoms with Crippen molar-refractivity contribution in [2.75, 3.05) is 0 Å². The van der Waals surface area contributed by atoms with Crippen molar-refractivity contribution in [2.45, 2.75) is 23.4 Å². The quantitative estimate of drug-likeness (QED) is 0.571. The van der Waals surface area contributed by atoms with Crippen LogP contribution in [0.5, 0.6) is 0 Å². The first-order valence-electron chi connectivity index (χ1n) is 4.64. The van der Waals surface area contributed by atoms with Crippen LogP contribution >= 0.6 is 0 Å². The third-order valence-corrected chi connectivity index (χ3v) is 2.97. The second-order valence-electron chi connectivity index (χ2n) is 3.63. The van der Waals surface area contributed by atoms with Gasteiger partial charge in [0, 0.05) is 4.90 Å². The molecule has 0 aliphatic carbocycles. The van der Waals surface area contributed by atoms with Crippen LogP contribution < -0.4 is 0 Å². The third kappa shape index (κ3) is 3.87. The van der Waals surface area contributed by atoms with E-state index in [0.29, 0.717) is 0 Å². The van der Waals surface area contributed by atoms with E-state index in [2.05, 4.69) is 0 Å². The lowest BCUT2D eigenvalue weighted by molar-refractivity contribution is -0.152. The molecule has 1 rings (SSSR count). The summed E-state index contributed by atoms with van der Waals surface area (Å²) in [4.78, 5) is -2.28. The van der Waals surface area contributed by atoms with Crippen molar-refractivity contribution in [3.63, 3.8) is 0 Å². The van der Waals surface area contributed by atoms with E-state index in [4.69, 9.17) is 0 Å². The highest BCUT2D eigenvalue weighted by atomic mass is 32.2. The van der Waals surface area contributed by atoms with Crippen LogP contribution in [0, 0.1) is 0 Å². The van der Waals surface area contributed by atoms with Gasteiger partial charge in [-0.2, -0.15) is 39.5 Å². The highest BCUT2D eigenvalue weighted by Gasteiger charge is 2.45. The van der Waals surface area contributed by atoms with Gasteiger partial charge < -0.3 is 4.55 Å². The molecule has 0 radical (unpaired) electrons. The first-order chi connectivity index (χ1) is 9.15. The Bertz CT molecular complexity index is 535. The monoisotopic (exact) mass is 345 g/mol. The average Bonchev–Trinajstić information content (AvgIpc) is 2.23. The van der Waals surface area contributed by atoms with E-state index in [1.165, 1.54) is 0 Å². The first kappa shape index (κ1) is 17.8. The number of rotatable bonds is 1. The van der Waals surface area contributed by atoms with Gasteiger partial charge in [-0.1, -0.05) is 0 Å². The Morgan fingerprint density at radius 1 is 0.762 bits per heavy atom. The molecular weight excluding hydrogens is 343 g/mol. The molecule has 1 unspecified atom stereocenters. The maximum Gasteiger partial charge on any atom is 0.417 e. The molecule has 0 saturated heterocycles. The van der Waals surface area contributed by atoms with E-state index >= 15 is 0 Å². The van der Waals surface area contributed by atoms with E-state index in [9.17, 15) is 48.3 Å². The van der Waals surface area contributed by atoms with Crippen LogP contribution in [0.4, 0.5) is 39.5 Å². The maximum atomic E-state index is 12.5. The van der Waals surface area contributed by atoms with Crippen molar-refractivity contribution >= 4 is 11.1 Å². The number of halogens is 9. The maximum absolute atomic E-state index is 12.5. The lowest BCUT2D eigenvalue weighted by atomic mass is 10.0. The number of alkyl halides is 9. The van der Waals surface area contributed by atoms with Crippen LogP contribution in [0.15, 0.2) is 17.0 Å². The fourth-order valence-electron chi connectivity index (χ4n) is 1.39. The Kier molecular flexibility index (Phi) is 4.36. The summed E-state index contributed by atoms with van der Waals surface area (Å²) in [6, 6.07) is -1.36. The summed E-state index contributed by atoms with van der Waals surface area (Å²) in [6.45, 7) is 0. The molecule has 0 spiro atoms. The van der Waals surface area contributed by atoms with E-state index < -0.39 is 63.3 Å². The molecule has 0 saturated carbocycles. The standard InChI is InChI=1S/C9H3F9O2S/c10-7(11,12)3-1-4(8(13,14)15)6(21(19)20)5(2-3)9(16,17)18/h1-2H,(H,19,20)/p-1. The molecular formula is C9H2F9O2S-.